The molecule has 1 aliphatic rings. The van der Waals surface area contributed by atoms with E-state index in [1.54, 1.807) is 7.11 Å². The molecule has 0 spiro atoms. The minimum Gasteiger partial charge on any atom is -0.497 e. The number of methoxy groups -OCH3 is 1. The molecule has 0 unspecified atom stereocenters. The number of carbonyl (C=O) groups excluding carboxylic acids is 2. The number of ether oxygens (including phenoxy) is 2. The number of alkyl halides is 1. The van der Waals surface area contributed by atoms with Gasteiger partial charge in [-0.25, -0.2) is 9.69 Å². The van der Waals surface area contributed by atoms with E-state index in [1.165, 1.54) is 4.90 Å². The molecule has 1 heterocycles. The molecule has 6 heteroatoms. The Morgan fingerprint density at radius 2 is 1.79 bits per heavy atom. The minimum absolute atomic E-state index is 0.108. The van der Waals surface area contributed by atoms with Crippen LogP contribution in [0, 0.1) is 5.92 Å². The summed E-state index contributed by atoms with van der Waals surface area (Å²) >= 11 is 3.59. The van der Waals surface area contributed by atoms with Gasteiger partial charge in [0.15, 0.2) is 0 Å². The number of rotatable bonds is 6. The summed E-state index contributed by atoms with van der Waals surface area (Å²) in [6, 6.07) is 16.8. The molecule has 1 aliphatic heterocycles. The molecule has 148 valence electrons. The van der Waals surface area contributed by atoms with Gasteiger partial charge in [0.05, 0.1) is 7.11 Å². The van der Waals surface area contributed by atoms with E-state index in [1.807, 2.05) is 54.6 Å². The first-order chi connectivity index (χ1) is 13.4. The summed E-state index contributed by atoms with van der Waals surface area (Å²) in [5.74, 6) is 0.542. The van der Waals surface area contributed by atoms with Gasteiger partial charge < -0.3 is 9.47 Å². The third-order valence-corrected chi connectivity index (χ3v) is 6.03. The average molecular weight is 446 g/mol. The van der Waals surface area contributed by atoms with Crippen molar-refractivity contribution in [2.24, 2.45) is 5.92 Å². The van der Waals surface area contributed by atoms with Crippen LogP contribution in [-0.2, 0) is 9.53 Å². The van der Waals surface area contributed by atoms with Gasteiger partial charge in [-0.15, -0.1) is 0 Å². The van der Waals surface area contributed by atoms with E-state index in [9.17, 15) is 9.59 Å². The molecule has 1 saturated heterocycles. The number of benzene rings is 2. The van der Waals surface area contributed by atoms with Crippen molar-refractivity contribution in [1.29, 1.82) is 0 Å². The predicted molar refractivity (Wildman–Crippen MR) is 111 cm³/mol. The molecule has 28 heavy (non-hydrogen) atoms. The van der Waals surface area contributed by atoms with Crippen LogP contribution >= 0.6 is 15.9 Å². The average Bonchev–Trinajstić information content (AvgIpc) is 3.09. The van der Waals surface area contributed by atoms with E-state index in [-0.39, 0.29) is 24.3 Å². The maximum absolute atomic E-state index is 13.3. The summed E-state index contributed by atoms with van der Waals surface area (Å²) in [5.41, 5.74) is 1.89. The van der Waals surface area contributed by atoms with Gasteiger partial charge in [-0.05, 0) is 29.2 Å². The lowest BCUT2D eigenvalue weighted by molar-refractivity contribution is -0.129. The molecule has 1 fully saturated rings. The van der Waals surface area contributed by atoms with Gasteiger partial charge in [0, 0.05) is 5.92 Å². The molecule has 0 aromatic heterocycles. The Hall–Kier alpha value is -2.34. The van der Waals surface area contributed by atoms with Gasteiger partial charge in [-0.2, -0.15) is 0 Å². The van der Waals surface area contributed by atoms with Crippen LogP contribution in [0.4, 0.5) is 4.79 Å². The van der Waals surface area contributed by atoms with Crippen molar-refractivity contribution in [3.63, 3.8) is 0 Å². The van der Waals surface area contributed by atoms with Crippen LogP contribution in [0.25, 0.3) is 0 Å². The lowest BCUT2D eigenvalue weighted by Crippen LogP contribution is -2.42. The van der Waals surface area contributed by atoms with Crippen molar-refractivity contribution in [2.45, 2.75) is 30.6 Å². The number of nitrogens with zero attached hydrogens (tertiary/aromatic N) is 1. The van der Waals surface area contributed by atoms with Crippen molar-refractivity contribution >= 4 is 27.9 Å². The molecule has 2 amide bonds. The van der Waals surface area contributed by atoms with Crippen molar-refractivity contribution in [3.8, 4) is 5.75 Å². The lowest BCUT2D eigenvalue weighted by Gasteiger charge is -2.29. The van der Waals surface area contributed by atoms with Crippen LogP contribution in [-0.4, -0.2) is 35.4 Å². The standard InChI is InChI=1S/C22H24BrNO4/c1-14(2)19(16-9-11-17(27-3)12-10-16)20(23)21(25)24-18(13-28-22(24)26)15-7-5-4-6-8-15/h4-12,14,18-20H,13H2,1-3H3/t18-,19-,20-/m0/s1. The van der Waals surface area contributed by atoms with Crippen molar-refractivity contribution in [2.75, 3.05) is 13.7 Å². The number of carbonyl (C=O) groups is 2. The number of cyclic esters (lactones) is 1. The molecular weight excluding hydrogens is 422 g/mol. The summed E-state index contributed by atoms with van der Waals surface area (Å²) in [5, 5.41) is 0. The quantitative estimate of drug-likeness (QED) is 0.592. The van der Waals surface area contributed by atoms with Crippen LogP contribution in [0.1, 0.15) is 36.9 Å². The molecule has 2 aromatic rings. The number of halogens is 1. The molecule has 0 bridgehead atoms. The molecule has 5 nitrogen and oxygen atoms in total. The van der Waals surface area contributed by atoms with E-state index < -0.39 is 17.0 Å². The van der Waals surface area contributed by atoms with Crippen molar-refractivity contribution in [1.82, 2.24) is 4.90 Å². The fourth-order valence-corrected chi connectivity index (χ4v) is 4.73. The highest BCUT2D eigenvalue weighted by Gasteiger charge is 2.43. The third-order valence-electron chi connectivity index (χ3n) is 5.06. The summed E-state index contributed by atoms with van der Waals surface area (Å²) in [6.07, 6.45) is -0.597. The Morgan fingerprint density at radius 1 is 1.14 bits per heavy atom. The molecule has 0 saturated carbocycles. The molecule has 3 atom stereocenters. The van der Waals surface area contributed by atoms with E-state index in [0.29, 0.717) is 0 Å². The lowest BCUT2D eigenvalue weighted by atomic mass is 9.85. The first-order valence-corrected chi connectivity index (χ1v) is 10.2. The summed E-state index contributed by atoms with van der Waals surface area (Å²) in [4.78, 5) is 26.4. The Bertz CT molecular complexity index is 822. The second-order valence-corrected chi connectivity index (χ2v) is 8.14. The molecule has 2 aromatic carbocycles. The van der Waals surface area contributed by atoms with Crippen molar-refractivity contribution in [3.05, 3.63) is 65.7 Å². The number of imide groups is 1. The van der Waals surface area contributed by atoms with E-state index >= 15 is 0 Å². The fraction of sp³-hybridized carbons (Fsp3) is 0.364. The first-order valence-electron chi connectivity index (χ1n) is 9.26. The van der Waals surface area contributed by atoms with Gasteiger partial charge in [-0.1, -0.05) is 72.2 Å². The van der Waals surface area contributed by atoms with E-state index in [0.717, 1.165) is 16.9 Å². The van der Waals surface area contributed by atoms with Gasteiger partial charge in [0.25, 0.3) is 0 Å². The van der Waals surface area contributed by atoms with E-state index in [2.05, 4.69) is 29.8 Å². The normalized spacial score (nSPS) is 18.7. The highest BCUT2D eigenvalue weighted by atomic mass is 79.9. The highest BCUT2D eigenvalue weighted by Crippen LogP contribution is 2.37. The zero-order valence-corrected chi connectivity index (χ0v) is 17.8. The van der Waals surface area contributed by atoms with Crippen LogP contribution < -0.4 is 4.74 Å². The number of amides is 2. The van der Waals surface area contributed by atoms with Gasteiger partial charge >= 0.3 is 6.09 Å². The van der Waals surface area contributed by atoms with Crippen LogP contribution in [0.5, 0.6) is 5.75 Å². The smallest absolute Gasteiger partial charge is 0.417 e. The Labute approximate surface area is 173 Å². The maximum atomic E-state index is 13.3. The summed E-state index contributed by atoms with van der Waals surface area (Å²) in [6.45, 7) is 4.30. The highest BCUT2D eigenvalue weighted by molar-refractivity contribution is 9.10. The predicted octanol–water partition coefficient (Wildman–Crippen LogP) is 4.92. The first kappa shape index (κ1) is 20.4. The molecule has 0 radical (unpaired) electrons. The Balaban J connectivity index is 1.88. The monoisotopic (exact) mass is 445 g/mol. The summed E-state index contributed by atoms with van der Waals surface area (Å²) in [7, 11) is 1.62. The molecule has 3 rings (SSSR count). The molecule has 0 N–H and O–H groups in total. The fourth-order valence-electron chi connectivity index (χ4n) is 3.59. The van der Waals surface area contributed by atoms with Crippen LogP contribution in [0.2, 0.25) is 0 Å². The summed E-state index contributed by atoms with van der Waals surface area (Å²) < 4.78 is 10.4. The molecular formula is C22H24BrNO4. The van der Waals surface area contributed by atoms with Gasteiger partial charge in [0.1, 0.15) is 23.2 Å². The molecule has 0 aliphatic carbocycles. The zero-order chi connectivity index (χ0) is 20.3. The minimum atomic E-state index is -0.597. The zero-order valence-electron chi connectivity index (χ0n) is 16.2. The second kappa shape index (κ2) is 8.78. The number of hydrogen-bond acceptors (Lipinski definition) is 4. The number of hydrogen-bond donors (Lipinski definition) is 0. The van der Waals surface area contributed by atoms with Crippen molar-refractivity contribution < 1.29 is 19.1 Å². The second-order valence-electron chi connectivity index (χ2n) is 7.16. The Morgan fingerprint density at radius 3 is 2.36 bits per heavy atom. The third kappa shape index (κ3) is 4.07. The maximum Gasteiger partial charge on any atom is 0.417 e. The van der Waals surface area contributed by atoms with Crippen LogP contribution in [0.3, 0.4) is 0 Å². The largest absolute Gasteiger partial charge is 0.497 e. The van der Waals surface area contributed by atoms with Gasteiger partial charge in [-0.3, -0.25) is 4.79 Å². The SMILES string of the molecule is COc1ccc([C@H](C(C)C)[C@H](Br)C(=O)N2C(=O)OC[C@H]2c2ccccc2)cc1. The van der Waals surface area contributed by atoms with E-state index in [4.69, 9.17) is 9.47 Å². The van der Waals surface area contributed by atoms with Gasteiger partial charge in [0.2, 0.25) is 5.91 Å². The Kier molecular flexibility index (Phi) is 6.39. The van der Waals surface area contributed by atoms with Crippen LogP contribution in [0.15, 0.2) is 54.6 Å². The topological polar surface area (TPSA) is 55.8 Å².